The van der Waals surface area contributed by atoms with Crippen LogP contribution in [0.25, 0.3) is 0 Å². The Morgan fingerprint density at radius 2 is 1.69 bits per heavy atom. The van der Waals surface area contributed by atoms with Crippen molar-refractivity contribution < 1.29 is 19.0 Å². The lowest BCUT2D eigenvalue weighted by molar-refractivity contribution is 0.0976. The van der Waals surface area contributed by atoms with Crippen molar-refractivity contribution in [1.29, 1.82) is 0 Å². The summed E-state index contributed by atoms with van der Waals surface area (Å²) in [6.07, 6.45) is 0. The number of nitrogens with one attached hydrogen (secondary N) is 1. The molecule has 0 fully saturated rings. The number of carbonyl (C=O) groups is 1. The predicted octanol–water partition coefficient (Wildman–Crippen LogP) is 2.32. The minimum atomic E-state index is -0.493. The van der Waals surface area contributed by atoms with Gasteiger partial charge in [-0.05, 0) is 30.3 Å². The quantitative estimate of drug-likeness (QED) is 0.417. The van der Waals surface area contributed by atoms with Crippen molar-refractivity contribution in [2.75, 3.05) is 27.1 Å². The summed E-state index contributed by atoms with van der Waals surface area (Å²) in [7, 11) is 4.39. The normalized spacial score (nSPS) is 11.0. The summed E-state index contributed by atoms with van der Waals surface area (Å²) in [6, 6.07) is 7.76. The van der Waals surface area contributed by atoms with Gasteiger partial charge in [0.25, 0.3) is 5.91 Å². The van der Waals surface area contributed by atoms with Crippen LogP contribution < -0.4 is 31.0 Å². The van der Waals surface area contributed by atoms with Gasteiger partial charge in [0, 0.05) is 5.56 Å². The van der Waals surface area contributed by atoms with Gasteiger partial charge in [-0.2, -0.15) is 0 Å². The Morgan fingerprint density at radius 3 is 2.19 bits per heavy atom. The van der Waals surface area contributed by atoms with Crippen LogP contribution in [0.15, 0.2) is 35.3 Å². The first-order valence-corrected chi connectivity index (χ1v) is 7.78. The van der Waals surface area contributed by atoms with E-state index in [0.29, 0.717) is 33.6 Å². The molecule has 138 valence electrons. The zero-order valence-corrected chi connectivity index (χ0v) is 15.3. The van der Waals surface area contributed by atoms with Gasteiger partial charge in [0.1, 0.15) is 0 Å². The standard InChI is InChI=1S/C17H19ClN4O4/c1-24-13-6-9(7-14(25-2)15(13)26-3)16(23)22-17(20)21-10-4-5-11(18)12(19)8-10/h4-8H,19H2,1-3H3,(H3,20,21,22,23). The molecule has 0 spiro atoms. The summed E-state index contributed by atoms with van der Waals surface area (Å²) in [5.41, 5.74) is 12.6. The first kappa shape index (κ1) is 19.2. The molecule has 2 rings (SSSR count). The number of carbonyl (C=O) groups excluding carboxylic acids is 1. The second-order valence-electron chi connectivity index (χ2n) is 5.07. The van der Waals surface area contributed by atoms with Crippen LogP contribution in [0.5, 0.6) is 17.2 Å². The third-order valence-corrected chi connectivity index (χ3v) is 3.74. The van der Waals surface area contributed by atoms with Crippen LogP contribution in [0.1, 0.15) is 10.4 Å². The van der Waals surface area contributed by atoms with Gasteiger partial charge in [0.05, 0.1) is 37.7 Å². The van der Waals surface area contributed by atoms with Crippen LogP contribution in [0.2, 0.25) is 5.02 Å². The summed E-state index contributed by atoms with van der Waals surface area (Å²) in [4.78, 5) is 16.5. The van der Waals surface area contributed by atoms with Crippen LogP contribution in [0.3, 0.4) is 0 Å². The smallest absolute Gasteiger partial charge is 0.258 e. The number of hydrogen-bond donors (Lipinski definition) is 3. The molecule has 26 heavy (non-hydrogen) atoms. The summed E-state index contributed by atoms with van der Waals surface area (Å²) < 4.78 is 15.7. The molecule has 0 saturated carbocycles. The molecule has 8 nitrogen and oxygen atoms in total. The maximum Gasteiger partial charge on any atom is 0.258 e. The second kappa shape index (κ2) is 8.30. The van der Waals surface area contributed by atoms with Crippen molar-refractivity contribution >= 4 is 34.8 Å². The van der Waals surface area contributed by atoms with Gasteiger partial charge < -0.3 is 25.7 Å². The fraction of sp³-hybridized carbons (Fsp3) is 0.176. The largest absolute Gasteiger partial charge is 0.493 e. The van der Waals surface area contributed by atoms with E-state index < -0.39 is 5.91 Å². The first-order chi connectivity index (χ1) is 12.4. The zero-order chi connectivity index (χ0) is 19.3. The number of methoxy groups -OCH3 is 3. The predicted molar refractivity (Wildman–Crippen MR) is 101 cm³/mol. The van der Waals surface area contributed by atoms with E-state index >= 15 is 0 Å². The number of benzene rings is 2. The lowest BCUT2D eigenvalue weighted by Gasteiger charge is -2.14. The number of guanidine groups is 1. The number of nitrogen functional groups attached to an aromatic ring is 1. The summed E-state index contributed by atoms with van der Waals surface area (Å²) in [5, 5.41) is 2.89. The van der Waals surface area contributed by atoms with Crippen molar-refractivity contribution in [3.05, 3.63) is 40.9 Å². The average Bonchev–Trinajstić information content (AvgIpc) is 2.63. The van der Waals surface area contributed by atoms with E-state index in [4.69, 9.17) is 37.3 Å². The van der Waals surface area contributed by atoms with Gasteiger partial charge in [0.15, 0.2) is 11.5 Å². The highest BCUT2D eigenvalue weighted by molar-refractivity contribution is 6.33. The lowest BCUT2D eigenvalue weighted by Crippen LogP contribution is -2.36. The summed E-state index contributed by atoms with van der Waals surface area (Å²) >= 11 is 5.85. The molecule has 0 radical (unpaired) electrons. The number of anilines is 1. The SMILES string of the molecule is COc1cc(C(=O)NC(N)=Nc2ccc(Cl)c(N)c2)cc(OC)c1OC. The second-order valence-corrected chi connectivity index (χ2v) is 5.48. The molecule has 2 aromatic carbocycles. The molecule has 0 aliphatic rings. The fourth-order valence-corrected chi connectivity index (χ4v) is 2.29. The molecule has 5 N–H and O–H groups in total. The van der Waals surface area contributed by atoms with Crippen molar-refractivity contribution in [2.45, 2.75) is 0 Å². The number of halogens is 1. The van der Waals surface area contributed by atoms with E-state index in [1.165, 1.54) is 33.5 Å². The van der Waals surface area contributed by atoms with E-state index in [1.807, 2.05) is 0 Å². The van der Waals surface area contributed by atoms with Crippen molar-refractivity contribution in [2.24, 2.45) is 10.7 Å². The van der Waals surface area contributed by atoms with Gasteiger partial charge in [-0.1, -0.05) is 11.6 Å². The Balaban J connectivity index is 2.25. The monoisotopic (exact) mass is 378 g/mol. The molecule has 0 aromatic heterocycles. The van der Waals surface area contributed by atoms with Crippen molar-refractivity contribution in [1.82, 2.24) is 5.32 Å². The van der Waals surface area contributed by atoms with Crippen LogP contribution >= 0.6 is 11.6 Å². The summed E-state index contributed by atoms with van der Waals surface area (Å²) in [6.45, 7) is 0. The van der Waals surface area contributed by atoms with Gasteiger partial charge in [-0.25, -0.2) is 4.99 Å². The molecule has 0 heterocycles. The number of aliphatic imine (C=N–C) groups is 1. The number of ether oxygens (including phenoxy) is 3. The third-order valence-electron chi connectivity index (χ3n) is 3.40. The van der Waals surface area contributed by atoms with E-state index in [9.17, 15) is 4.79 Å². The Bertz CT molecular complexity index is 830. The van der Waals surface area contributed by atoms with E-state index in [1.54, 1.807) is 18.2 Å². The Kier molecular flexibility index (Phi) is 6.13. The molecular formula is C17H19ClN4O4. The Labute approximate surface area is 155 Å². The average molecular weight is 379 g/mol. The van der Waals surface area contributed by atoms with Crippen LogP contribution in [0.4, 0.5) is 11.4 Å². The molecule has 0 saturated heterocycles. The molecule has 9 heteroatoms. The molecule has 0 bridgehead atoms. The third kappa shape index (κ3) is 4.28. The van der Waals surface area contributed by atoms with Gasteiger partial charge in [-0.3, -0.25) is 10.1 Å². The molecule has 2 aromatic rings. The topological polar surface area (TPSA) is 121 Å². The number of nitrogens with zero attached hydrogens (tertiary/aromatic N) is 1. The van der Waals surface area contributed by atoms with Gasteiger partial charge >= 0.3 is 0 Å². The maximum atomic E-state index is 12.4. The lowest BCUT2D eigenvalue weighted by atomic mass is 10.1. The number of amides is 1. The summed E-state index contributed by atoms with van der Waals surface area (Å²) in [5.74, 6) is 0.471. The molecule has 0 unspecified atom stereocenters. The van der Waals surface area contributed by atoms with Crippen LogP contribution in [0, 0.1) is 0 Å². The van der Waals surface area contributed by atoms with E-state index in [2.05, 4.69) is 10.3 Å². The van der Waals surface area contributed by atoms with Crippen molar-refractivity contribution in [3.8, 4) is 17.2 Å². The van der Waals surface area contributed by atoms with Crippen LogP contribution in [-0.4, -0.2) is 33.2 Å². The molecule has 0 aliphatic carbocycles. The minimum Gasteiger partial charge on any atom is -0.493 e. The Hall–Kier alpha value is -3.13. The molecule has 0 aliphatic heterocycles. The number of hydrogen-bond acceptors (Lipinski definition) is 6. The zero-order valence-electron chi connectivity index (χ0n) is 14.5. The number of nitrogens with two attached hydrogens (primary N) is 2. The van der Waals surface area contributed by atoms with Gasteiger partial charge in [0.2, 0.25) is 11.7 Å². The highest BCUT2D eigenvalue weighted by atomic mass is 35.5. The van der Waals surface area contributed by atoms with Crippen molar-refractivity contribution in [3.63, 3.8) is 0 Å². The highest BCUT2D eigenvalue weighted by Crippen LogP contribution is 2.38. The number of rotatable bonds is 5. The van der Waals surface area contributed by atoms with E-state index in [0.717, 1.165) is 0 Å². The fourth-order valence-electron chi connectivity index (χ4n) is 2.17. The van der Waals surface area contributed by atoms with Gasteiger partial charge in [-0.15, -0.1) is 0 Å². The Morgan fingerprint density at radius 1 is 1.08 bits per heavy atom. The van der Waals surface area contributed by atoms with E-state index in [-0.39, 0.29) is 11.5 Å². The molecule has 1 amide bonds. The minimum absolute atomic E-state index is 0.106. The first-order valence-electron chi connectivity index (χ1n) is 7.40. The molecule has 0 atom stereocenters. The highest BCUT2D eigenvalue weighted by Gasteiger charge is 2.17. The maximum absolute atomic E-state index is 12.4. The molecular weight excluding hydrogens is 360 g/mol. The van der Waals surface area contributed by atoms with Crippen LogP contribution in [-0.2, 0) is 0 Å².